The average molecular weight is 401 g/mol. The van der Waals surface area contributed by atoms with Crippen LogP contribution in [-0.2, 0) is 15.1 Å². The standard InChI is InChI=1S/C23H32N2O4/c1-5-28-22(26)17(2)25-14-12-23(24-3,13-15-25)18-10-11-20(27-4)21(16-18)29-19-8-6-7-9-19/h10-11,16-17,19H,5-9,12-15H2,1-2,4H3. The van der Waals surface area contributed by atoms with Crippen molar-refractivity contribution in [3.63, 3.8) is 0 Å². The van der Waals surface area contributed by atoms with Crippen molar-refractivity contribution >= 4 is 5.97 Å². The van der Waals surface area contributed by atoms with E-state index in [-0.39, 0.29) is 18.1 Å². The normalized spacial score (nSPS) is 20.6. The number of benzene rings is 1. The summed E-state index contributed by atoms with van der Waals surface area (Å²) in [7, 11) is 1.65. The Morgan fingerprint density at radius 3 is 2.55 bits per heavy atom. The Balaban J connectivity index is 1.76. The van der Waals surface area contributed by atoms with Crippen LogP contribution in [0, 0.1) is 6.57 Å². The number of ether oxygens (including phenoxy) is 3. The Bertz CT molecular complexity index is 744. The van der Waals surface area contributed by atoms with E-state index in [2.05, 4.69) is 9.74 Å². The molecule has 2 aliphatic rings. The van der Waals surface area contributed by atoms with E-state index in [1.807, 2.05) is 32.0 Å². The van der Waals surface area contributed by atoms with Gasteiger partial charge in [-0.3, -0.25) is 9.69 Å². The van der Waals surface area contributed by atoms with Crippen LogP contribution in [0.5, 0.6) is 11.5 Å². The number of nitrogens with zero attached hydrogens (tertiary/aromatic N) is 2. The molecular formula is C23H32N2O4. The largest absolute Gasteiger partial charge is 0.493 e. The van der Waals surface area contributed by atoms with Gasteiger partial charge >= 0.3 is 5.97 Å². The molecule has 1 aliphatic carbocycles. The van der Waals surface area contributed by atoms with E-state index in [4.69, 9.17) is 20.8 Å². The maximum absolute atomic E-state index is 12.1. The fourth-order valence-electron chi connectivity index (χ4n) is 4.40. The van der Waals surface area contributed by atoms with Gasteiger partial charge in [0.15, 0.2) is 11.5 Å². The molecule has 0 spiro atoms. The molecule has 0 amide bonds. The predicted octanol–water partition coefficient (Wildman–Crippen LogP) is 4.18. The zero-order valence-corrected chi connectivity index (χ0v) is 17.8. The van der Waals surface area contributed by atoms with E-state index in [0.717, 1.165) is 24.2 Å². The molecule has 0 aromatic heterocycles. The highest BCUT2D eigenvalue weighted by molar-refractivity contribution is 5.75. The van der Waals surface area contributed by atoms with E-state index in [0.29, 0.717) is 38.3 Å². The summed E-state index contributed by atoms with van der Waals surface area (Å²) in [6.07, 6.45) is 6.13. The molecule has 1 heterocycles. The highest BCUT2D eigenvalue weighted by Gasteiger charge is 2.44. The number of esters is 1. The second-order valence-electron chi connectivity index (χ2n) is 8.00. The van der Waals surface area contributed by atoms with Gasteiger partial charge in [0.2, 0.25) is 0 Å². The lowest BCUT2D eigenvalue weighted by atomic mass is 9.81. The summed E-state index contributed by atoms with van der Waals surface area (Å²) in [5.74, 6) is 1.26. The Morgan fingerprint density at radius 1 is 1.28 bits per heavy atom. The van der Waals surface area contributed by atoms with E-state index in [1.165, 1.54) is 12.8 Å². The lowest BCUT2D eigenvalue weighted by Crippen LogP contribution is -2.48. The predicted molar refractivity (Wildman–Crippen MR) is 111 cm³/mol. The Kier molecular flexibility index (Phi) is 7.02. The van der Waals surface area contributed by atoms with Crippen molar-refractivity contribution in [3.05, 3.63) is 35.2 Å². The number of piperidine rings is 1. The summed E-state index contributed by atoms with van der Waals surface area (Å²) in [6, 6.07) is 5.62. The summed E-state index contributed by atoms with van der Waals surface area (Å²) in [6.45, 7) is 13.4. The fraction of sp³-hybridized carbons (Fsp3) is 0.652. The molecule has 0 bridgehead atoms. The summed E-state index contributed by atoms with van der Waals surface area (Å²) < 4.78 is 16.9. The molecule has 1 aliphatic heterocycles. The molecule has 1 aromatic rings. The summed E-state index contributed by atoms with van der Waals surface area (Å²) in [5.41, 5.74) is 0.384. The van der Waals surface area contributed by atoms with Crippen molar-refractivity contribution in [2.24, 2.45) is 0 Å². The molecule has 0 radical (unpaired) electrons. The summed E-state index contributed by atoms with van der Waals surface area (Å²) in [5, 5.41) is 0. The number of rotatable bonds is 7. The molecule has 0 N–H and O–H groups in total. The van der Waals surface area contributed by atoms with Gasteiger partial charge in [0.1, 0.15) is 6.04 Å². The van der Waals surface area contributed by atoms with Crippen molar-refractivity contribution < 1.29 is 19.0 Å². The van der Waals surface area contributed by atoms with Crippen molar-refractivity contribution in [3.8, 4) is 11.5 Å². The van der Waals surface area contributed by atoms with Gasteiger partial charge in [-0.05, 0) is 57.7 Å². The van der Waals surface area contributed by atoms with Gasteiger partial charge in [0, 0.05) is 31.5 Å². The first-order valence-electron chi connectivity index (χ1n) is 10.7. The van der Waals surface area contributed by atoms with Crippen LogP contribution in [-0.4, -0.2) is 49.8 Å². The molecule has 3 rings (SSSR count). The van der Waals surface area contributed by atoms with Crippen molar-refractivity contribution in [2.75, 3.05) is 26.8 Å². The van der Waals surface area contributed by atoms with Crippen LogP contribution in [0.2, 0.25) is 0 Å². The first-order chi connectivity index (χ1) is 14.0. The van der Waals surface area contributed by atoms with Gasteiger partial charge in [-0.1, -0.05) is 0 Å². The Labute approximate surface area is 173 Å². The second kappa shape index (κ2) is 9.49. The maximum Gasteiger partial charge on any atom is 0.323 e. The molecule has 1 saturated heterocycles. The first-order valence-corrected chi connectivity index (χ1v) is 10.7. The SMILES string of the molecule is [C-]#[N+]C1(c2ccc(OC)c(OC3CCCC3)c2)CCN(C(C)C(=O)OCC)CC1. The van der Waals surface area contributed by atoms with Crippen LogP contribution >= 0.6 is 0 Å². The fourth-order valence-corrected chi connectivity index (χ4v) is 4.40. The number of carbonyl (C=O) groups excluding carboxylic acids is 1. The summed E-state index contributed by atoms with van der Waals surface area (Å²) in [4.78, 5) is 18.2. The number of hydrogen-bond acceptors (Lipinski definition) is 5. The van der Waals surface area contributed by atoms with Gasteiger partial charge in [-0.2, -0.15) is 0 Å². The van der Waals surface area contributed by atoms with E-state index >= 15 is 0 Å². The molecule has 1 unspecified atom stereocenters. The number of hydrogen-bond donors (Lipinski definition) is 0. The van der Waals surface area contributed by atoms with Crippen molar-refractivity contribution in [1.82, 2.24) is 4.90 Å². The van der Waals surface area contributed by atoms with Crippen LogP contribution in [0.3, 0.4) is 0 Å². The van der Waals surface area contributed by atoms with Crippen LogP contribution in [0.15, 0.2) is 18.2 Å². The number of carbonyl (C=O) groups is 1. The molecule has 6 heteroatoms. The number of methoxy groups -OCH3 is 1. The van der Waals surface area contributed by atoms with Gasteiger partial charge in [-0.15, -0.1) is 0 Å². The van der Waals surface area contributed by atoms with Gasteiger partial charge in [-0.25, -0.2) is 6.57 Å². The number of likely N-dealkylation sites (tertiary alicyclic amines) is 1. The third-order valence-electron chi connectivity index (χ3n) is 6.31. The minimum atomic E-state index is -0.592. The highest BCUT2D eigenvalue weighted by Crippen LogP contribution is 2.42. The molecular weight excluding hydrogens is 368 g/mol. The monoisotopic (exact) mass is 400 g/mol. The van der Waals surface area contributed by atoms with E-state index in [1.54, 1.807) is 7.11 Å². The van der Waals surface area contributed by atoms with Gasteiger partial charge in [0.05, 0.1) is 19.8 Å². The molecule has 6 nitrogen and oxygen atoms in total. The third-order valence-corrected chi connectivity index (χ3v) is 6.31. The smallest absolute Gasteiger partial charge is 0.323 e. The van der Waals surface area contributed by atoms with Crippen LogP contribution in [0.4, 0.5) is 0 Å². The lowest BCUT2D eigenvalue weighted by Gasteiger charge is -2.36. The van der Waals surface area contributed by atoms with E-state index in [9.17, 15) is 4.79 Å². The van der Waals surface area contributed by atoms with Gasteiger partial charge < -0.3 is 19.1 Å². The average Bonchev–Trinajstić information content (AvgIpc) is 3.26. The molecule has 158 valence electrons. The summed E-state index contributed by atoms with van der Waals surface area (Å²) >= 11 is 0. The molecule has 1 aromatic carbocycles. The zero-order chi connectivity index (χ0) is 20.9. The molecule has 1 atom stereocenters. The lowest BCUT2D eigenvalue weighted by molar-refractivity contribution is -0.149. The quantitative estimate of drug-likeness (QED) is 0.508. The Hall–Kier alpha value is -2.26. The zero-order valence-electron chi connectivity index (χ0n) is 17.8. The van der Waals surface area contributed by atoms with Crippen molar-refractivity contribution in [1.29, 1.82) is 0 Å². The minimum Gasteiger partial charge on any atom is -0.493 e. The third kappa shape index (κ3) is 4.67. The first kappa shape index (κ1) is 21.4. The van der Waals surface area contributed by atoms with Crippen LogP contribution in [0.25, 0.3) is 4.85 Å². The van der Waals surface area contributed by atoms with Crippen molar-refractivity contribution in [2.45, 2.75) is 70.1 Å². The minimum absolute atomic E-state index is 0.195. The van der Waals surface area contributed by atoms with Crippen LogP contribution < -0.4 is 9.47 Å². The topological polar surface area (TPSA) is 52.4 Å². The van der Waals surface area contributed by atoms with Gasteiger partial charge in [0.25, 0.3) is 5.54 Å². The van der Waals surface area contributed by atoms with E-state index < -0.39 is 5.54 Å². The highest BCUT2D eigenvalue weighted by atomic mass is 16.5. The van der Waals surface area contributed by atoms with Crippen LogP contribution in [0.1, 0.15) is 57.9 Å². The molecule has 2 fully saturated rings. The molecule has 29 heavy (non-hydrogen) atoms. The molecule has 1 saturated carbocycles. The maximum atomic E-state index is 12.1. The Morgan fingerprint density at radius 2 is 1.97 bits per heavy atom. The second-order valence-corrected chi connectivity index (χ2v) is 8.00.